The van der Waals surface area contributed by atoms with Gasteiger partial charge in [-0.1, -0.05) is 26.2 Å². The van der Waals surface area contributed by atoms with Gasteiger partial charge in [0, 0.05) is 24.1 Å². The third kappa shape index (κ3) is 3.49. The van der Waals surface area contributed by atoms with Crippen LogP contribution in [0.15, 0.2) is 0 Å². The molecule has 1 aromatic heterocycles. The summed E-state index contributed by atoms with van der Waals surface area (Å²) >= 11 is 1.90. The quantitative estimate of drug-likeness (QED) is 0.821. The van der Waals surface area contributed by atoms with Crippen LogP contribution in [0.25, 0.3) is 0 Å². The molecule has 0 aromatic carbocycles. The molecule has 1 N–H and O–H groups in total. The fourth-order valence-corrected chi connectivity index (χ4v) is 4.64. The first-order valence-electron chi connectivity index (χ1n) is 8.64. The first-order valence-corrected chi connectivity index (χ1v) is 9.45. The third-order valence-electron chi connectivity index (χ3n) is 4.71. The molecule has 0 saturated heterocycles. The normalized spacial score (nSPS) is 21.6. The summed E-state index contributed by atoms with van der Waals surface area (Å²) < 4.78 is 6.23. The van der Waals surface area contributed by atoms with E-state index in [1.165, 1.54) is 47.7 Å². The Balaban J connectivity index is 1.81. The van der Waals surface area contributed by atoms with Gasteiger partial charge in [0.25, 0.3) is 0 Å². The molecule has 0 unspecified atom stereocenters. The molecular formula is C17H28N2OS. The maximum Gasteiger partial charge on any atom is 0.125 e. The number of hydrogen-bond donors (Lipinski definition) is 1. The van der Waals surface area contributed by atoms with Gasteiger partial charge in [0.15, 0.2) is 0 Å². The zero-order valence-corrected chi connectivity index (χ0v) is 14.2. The van der Waals surface area contributed by atoms with Crippen molar-refractivity contribution in [2.45, 2.75) is 83.4 Å². The highest BCUT2D eigenvalue weighted by Gasteiger charge is 2.38. The predicted molar refractivity (Wildman–Crippen MR) is 87.7 cm³/mol. The van der Waals surface area contributed by atoms with Gasteiger partial charge in [0.2, 0.25) is 0 Å². The lowest BCUT2D eigenvalue weighted by Crippen LogP contribution is -2.32. The smallest absolute Gasteiger partial charge is 0.125 e. The summed E-state index contributed by atoms with van der Waals surface area (Å²) in [5.74, 6) is 0. The molecule has 1 heterocycles. The van der Waals surface area contributed by atoms with E-state index in [1.807, 2.05) is 11.3 Å². The summed E-state index contributed by atoms with van der Waals surface area (Å²) in [5, 5.41) is 4.88. The van der Waals surface area contributed by atoms with Gasteiger partial charge in [-0.15, -0.1) is 11.3 Å². The first kappa shape index (κ1) is 15.4. The van der Waals surface area contributed by atoms with E-state index < -0.39 is 0 Å². The van der Waals surface area contributed by atoms with Crippen molar-refractivity contribution in [1.82, 2.24) is 10.3 Å². The molecule has 0 bridgehead atoms. The SMILES string of the molecule is CCOC1(c2nc(CC)c(CNC3CC3)s2)CCCCC1. The summed E-state index contributed by atoms with van der Waals surface area (Å²) in [6.45, 7) is 6.11. The molecule has 118 valence electrons. The van der Waals surface area contributed by atoms with E-state index in [9.17, 15) is 0 Å². The van der Waals surface area contributed by atoms with Crippen molar-refractivity contribution in [1.29, 1.82) is 0 Å². The molecule has 0 spiro atoms. The Morgan fingerprint density at radius 1 is 1.24 bits per heavy atom. The topological polar surface area (TPSA) is 34.1 Å². The lowest BCUT2D eigenvalue weighted by Gasteiger charge is -2.35. The Morgan fingerprint density at radius 2 is 2.00 bits per heavy atom. The van der Waals surface area contributed by atoms with Crippen LogP contribution in [0.1, 0.15) is 74.4 Å². The van der Waals surface area contributed by atoms with Gasteiger partial charge >= 0.3 is 0 Å². The average Bonchev–Trinajstić information content (AvgIpc) is 3.24. The number of thiazole rings is 1. The molecule has 3 nitrogen and oxygen atoms in total. The minimum atomic E-state index is -0.0839. The first-order chi connectivity index (χ1) is 10.3. The van der Waals surface area contributed by atoms with Crippen LogP contribution in [0.4, 0.5) is 0 Å². The largest absolute Gasteiger partial charge is 0.368 e. The molecule has 21 heavy (non-hydrogen) atoms. The number of ether oxygens (including phenoxy) is 1. The molecular weight excluding hydrogens is 280 g/mol. The maximum absolute atomic E-state index is 6.23. The van der Waals surface area contributed by atoms with Crippen LogP contribution in [0.5, 0.6) is 0 Å². The Hall–Kier alpha value is -0.450. The van der Waals surface area contributed by atoms with Gasteiger partial charge in [-0.05, 0) is 39.0 Å². The Bertz CT molecular complexity index is 456. The van der Waals surface area contributed by atoms with Crippen LogP contribution in [-0.2, 0) is 23.3 Å². The third-order valence-corrected chi connectivity index (χ3v) is 6.00. The summed E-state index contributed by atoms with van der Waals surface area (Å²) in [6, 6.07) is 0.760. The standard InChI is InChI=1S/C17H28N2OS/c1-3-14-15(12-18-13-8-9-13)21-16(19-14)17(20-4-2)10-6-5-7-11-17/h13,18H,3-12H2,1-2H3. The van der Waals surface area contributed by atoms with Gasteiger partial charge in [0.1, 0.15) is 10.6 Å². The number of aromatic nitrogens is 1. The molecule has 0 aliphatic heterocycles. The summed E-state index contributed by atoms with van der Waals surface area (Å²) in [4.78, 5) is 6.43. The summed E-state index contributed by atoms with van der Waals surface area (Å²) in [5.41, 5.74) is 1.20. The van der Waals surface area contributed by atoms with Crippen LogP contribution < -0.4 is 5.32 Å². The van der Waals surface area contributed by atoms with E-state index in [1.54, 1.807) is 0 Å². The number of nitrogens with one attached hydrogen (secondary N) is 1. The van der Waals surface area contributed by atoms with Crippen molar-refractivity contribution in [2.24, 2.45) is 0 Å². The predicted octanol–water partition coefficient (Wildman–Crippen LogP) is 4.15. The molecule has 0 amide bonds. The highest BCUT2D eigenvalue weighted by molar-refractivity contribution is 7.11. The van der Waals surface area contributed by atoms with E-state index in [4.69, 9.17) is 9.72 Å². The lowest BCUT2D eigenvalue weighted by molar-refractivity contribution is -0.0705. The number of hydrogen-bond acceptors (Lipinski definition) is 4. The Morgan fingerprint density at radius 3 is 2.62 bits per heavy atom. The van der Waals surface area contributed by atoms with Crippen molar-refractivity contribution in [3.8, 4) is 0 Å². The van der Waals surface area contributed by atoms with Crippen LogP contribution in [0, 0.1) is 0 Å². The number of rotatable bonds is 7. The zero-order valence-electron chi connectivity index (χ0n) is 13.4. The highest BCUT2D eigenvalue weighted by Crippen LogP contribution is 2.43. The van der Waals surface area contributed by atoms with Crippen molar-refractivity contribution < 1.29 is 4.74 Å². The minimum Gasteiger partial charge on any atom is -0.368 e. The van der Waals surface area contributed by atoms with Crippen molar-refractivity contribution in [3.63, 3.8) is 0 Å². The molecule has 3 rings (SSSR count). The van der Waals surface area contributed by atoms with Gasteiger partial charge in [-0.3, -0.25) is 0 Å². The van der Waals surface area contributed by atoms with Crippen LogP contribution >= 0.6 is 11.3 Å². The van der Waals surface area contributed by atoms with Crippen molar-refractivity contribution in [3.05, 3.63) is 15.6 Å². The number of nitrogens with zero attached hydrogens (tertiary/aromatic N) is 1. The van der Waals surface area contributed by atoms with E-state index in [0.29, 0.717) is 0 Å². The summed E-state index contributed by atoms with van der Waals surface area (Å²) in [6.07, 6.45) is 9.90. The van der Waals surface area contributed by atoms with Crippen LogP contribution in [-0.4, -0.2) is 17.6 Å². The monoisotopic (exact) mass is 308 g/mol. The fraction of sp³-hybridized carbons (Fsp3) is 0.824. The molecule has 1 aromatic rings. The maximum atomic E-state index is 6.23. The average molecular weight is 308 g/mol. The molecule has 4 heteroatoms. The fourth-order valence-electron chi connectivity index (χ4n) is 3.34. The van der Waals surface area contributed by atoms with E-state index >= 15 is 0 Å². The Kier molecular flexibility index (Phi) is 4.97. The van der Waals surface area contributed by atoms with Gasteiger partial charge in [-0.25, -0.2) is 4.98 Å². The van der Waals surface area contributed by atoms with E-state index in [0.717, 1.165) is 38.5 Å². The second-order valence-electron chi connectivity index (χ2n) is 6.39. The molecule has 2 saturated carbocycles. The van der Waals surface area contributed by atoms with Crippen LogP contribution in [0.3, 0.4) is 0 Å². The van der Waals surface area contributed by atoms with Crippen molar-refractivity contribution >= 4 is 11.3 Å². The second kappa shape index (κ2) is 6.76. The molecule has 2 aliphatic carbocycles. The highest BCUT2D eigenvalue weighted by atomic mass is 32.1. The number of aryl methyl sites for hydroxylation is 1. The minimum absolute atomic E-state index is 0.0839. The molecule has 2 aliphatic rings. The summed E-state index contributed by atoms with van der Waals surface area (Å²) in [7, 11) is 0. The Labute approximate surface area is 132 Å². The van der Waals surface area contributed by atoms with E-state index in [-0.39, 0.29) is 5.60 Å². The zero-order chi connectivity index (χ0) is 14.7. The van der Waals surface area contributed by atoms with Gasteiger partial charge < -0.3 is 10.1 Å². The second-order valence-corrected chi connectivity index (χ2v) is 7.47. The van der Waals surface area contributed by atoms with Gasteiger partial charge in [0.05, 0.1) is 5.69 Å². The van der Waals surface area contributed by atoms with Crippen LogP contribution in [0.2, 0.25) is 0 Å². The van der Waals surface area contributed by atoms with Gasteiger partial charge in [-0.2, -0.15) is 0 Å². The van der Waals surface area contributed by atoms with Crippen molar-refractivity contribution in [2.75, 3.05) is 6.61 Å². The molecule has 0 radical (unpaired) electrons. The molecule has 2 fully saturated rings. The molecule has 0 atom stereocenters. The lowest BCUT2D eigenvalue weighted by atomic mass is 9.85. The van der Waals surface area contributed by atoms with E-state index in [2.05, 4.69) is 19.2 Å².